The molecular weight excluding hydrogens is 478 g/mol. The molecule has 35 heavy (non-hydrogen) atoms. The van der Waals surface area contributed by atoms with Crippen molar-refractivity contribution >= 4 is 40.0 Å². The predicted molar refractivity (Wildman–Crippen MR) is 128 cm³/mol. The summed E-state index contributed by atoms with van der Waals surface area (Å²) in [6.07, 6.45) is 1.37. The van der Waals surface area contributed by atoms with E-state index >= 15 is 0 Å². The first-order valence-electron chi connectivity index (χ1n) is 11.3. The number of likely N-dealkylation sites (tertiary alicyclic amines) is 1. The second-order valence-electron chi connectivity index (χ2n) is 9.10. The third kappa shape index (κ3) is 5.13. The molecule has 1 saturated heterocycles. The minimum atomic E-state index is -1.74. The number of amides is 1. The molecule has 1 fully saturated rings. The Morgan fingerprint density at radius 3 is 2.66 bits per heavy atom. The summed E-state index contributed by atoms with van der Waals surface area (Å²) in [5, 5.41) is 9.84. The lowest BCUT2D eigenvalue weighted by Gasteiger charge is -2.24. The van der Waals surface area contributed by atoms with Gasteiger partial charge in [0.2, 0.25) is 5.91 Å². The smallest absolute Gasteiger partial charge is 0.243 e. The van der Waals surface area contributed by atoms with Gasteiger partial charge in [0.15, 0.2) is 11.6 Å². The fourth-order valence-corrected chi connectivity index (χ4v) is 4.87. The quantitative estimate of drug-likeness (QED) is 0.469. The molecule has 2 aromatic carbocycles. The summed E-state index contributed by atoms with van der Waals surface area (Å²) >= 11 is 5.81. The van der Waals surface area contributed by atoms with Gasteiger partial charge in [0.25, 0.3) is 0 Å². The molecule has 0 unspecified atom stereocenters. The summed E-state index contributed by atoms with van der Waals surface area (Å²) in [5.74, 6) is -1.90. The van der Waals surface area contributed by atoms with E-state index in [0.717, 1.165) is 0 Å². The van der Waals surface area contributed by atoms with Gasteiger partial charge in [0, 0.05) is 35.5 Å². The largest absolute Gasteiger partial charge is 0.388 e. The van der Waals surface area contributed by atoms with Crippen LogP contribution in [0.15, 0.2) is 48.7 Å². The molecule has 3 aromatic rings. The number of hydrogen-bond acceptors (Lipinski definition) is 4. The van der Waals surface area contributed by atoms with Crippen LogP contribution in [0.5, 0.6) is 0 Å². The minimum absolute atomic E-state index is 0.0399. The highest BCUT2D eigenvalue weighted by Gasteiger charge is 2.46. The summed E-state index contributed by atoms with van der Waals surface area (Å²) in [6.45, 7) is 0.232. The van der Waals surface area contributed by atoms with E-state index in [1.54, 1.807) is 34.9 Å². The number of nitrogens with zero attached hydrogens (tertiary/aromatic N) is 2. The molecule has 6 nitrogen and oxygen atoms in total. The number of ketones is 2. The van der Waals surface area contributed by atoms with Gasteiger partial charge < -0.3 is 14.6 Å². The number of hydrogen-bond donors (Lipinski definition) is 1. The van der Waals surface area contributed by atoms with Crippen LogP contribution in [0.3, 0.4) is 0 Å². The Balaban J connectivity index is 1.54. The Bertz CT molecular complexity index is 1300. The number of halogens is 3. The van der Waals surface area contributed by atoms with Gasteiger partial charge in [0.05, 0.1) is 17.6 Å². The molecule has 0 aliphatic carbocycles. The fourth-order valence-electron chi connectivity index (χ4n) is 4.68. The maximum absolute atomic E-state index is 15.0. The highest BCUT2D eigenvalue weighted by molar-refractivity contribution is 6.30. The third-order valence-electron chi connectivity index (χ3n) is 6.40. The fraction of sp³-hybridized carbons (Fsp3) is 0.346. The van der Waals surface area contributed by atoms with Crippen molar-refractivity contribution in [3.63, 3.8) is 0 Å². The average molecular weight is 503 g/mol. The van der Waals surface area contributed by atoms with Crippen LogP contribution in [0.4, 0.5) is 8.78 Å². The molecule has 2 heterocycles. The summed E-state index contributed by atoms with van der Waals surface area (Å²) in [4.78, 5) is 39.7. The first-order chi connectivity index (χ1) is 16.6. The van der Waals surface area contributed by atoms with Gasteiger partial charge in [-0.2, -0.15) is 0 Å². The minimum Gasteiger partial charge on any atom is -0.388 e. The number of para-hydroxylation sites is 1. The normalized spacial score (nSPS) is 19.9. The van der Waals surface area contributed by atoms with Crippen molar-refractivity contribution < 1.29 is 28.3 Å². The Kier molecular flexibility index (Phi) is 7.05. The van der Waals surface area contributed by atoms with Crippen LogP contribution in [0, 0.1) is 5.82 Å². The second-order valence-corrected chi connectivity index (χ2v) is 9.51. The summed E-state index contributed by atoms with van der Waals surface area (Å²) in [6, 6.07) is 10.5. The number of Topliss-reactive ketones (excluding diaryl/α,β-unsaturated/α-hetero) is 2. The van der Waals surface area contributed by atoms with Crippen molar-refractivity contribution in [2.45, 2.75) is 44.4 Å². The first kappa shape index (κ1) is 25.0. The molecular formula is C26H25ClF2N2O4. The molecule has 0 spiro atoms. The van der Waals surface area contributed by atoms with Crippen molar-refractivity contribution in [3.05, 3.63) is 70.6 Å². The molecule has 1 N–H and O–H groups in total. The van der Waals surface area contributed by atoms with Gasteiger partial charge in [-0.3, -0.25) is 14.4 Å². The Morgan fingerprint density at radius 2 is 1.91 bits per heavy atom. The van der Waals surface area contributed by atoms with Gasteiger partial charge in [-0.15, -0.1) is 0 Å². The highest BCUT2D eigenvalue weighted by Crippen LogP contribution is 2.32. The monoisotopic (exact) mass is 502 g/mol. The molecule has 1 amide bonds. The summed E-state index contributed by atoms with van der Waals surface area (Å²) < 4.78 is 30.7. The second kappa shape index (κ2) is 9.87. The average Bonchev–Trinajstić information content (AvgIpc) is 3.36. The van der Waals surface area contributed by atoms with Crippen LogP contribution in [-0.4, -0.2) is 56.9 Å². The number of aliphatic hydroxyl groups excluding tert-OH is 1. The van der Waals surface area contributed by atoms with Crippen molar-refractivity contribution in [2.24, 2.45) is 0 Å². The van der Waals surface area contributed by atoms with E-state index < -0.39 is 35.8 Å². The predicted octanol–water partition coefficient (Wildman–Crippen LogP) is 4.14. The SMILES string of the molecule is C[C@@]1(F)C[C@@H](C(=O)CCc2cccc(Cl)c2F)N(C(=O)Cn2cc(C(=O)CO)c3ccccc32)C1. The lowest BCUT2D eigenvalue weighted by molar-refractivity contribution is -0.138. The van der Waals surface area contributed by atoms with Gasteiger partial charge in [0.1, 0.15) is 24.6 Å². The zero-order chi connectivity index (χ0) is 25.3. The molecule has 9 heteroatoms. The van der Waals surface area contributed by atoms with Gasteiger partial charge in [-0.05, 0) is 31.0 Å². The van der Waals surface area contributed by atoms with Gasteiger partial charge in [-0.25, -0.2) is 8.78 Å². The van der Waals surface area contributed by atoms with Crippen LogP contribution < -0.4 is 0 Å². The zero-order valence-corrected chi connectivity index (χ0v) is 19.9. The molecule has 1 aliphatic heterocycles. The zero-order valence-electron chi connectivity index (χ0n) is 19.1. The molecule has 0 saturated carbocycles. The lowest BCUT2D eigenvalue weighted by Crippen LogP contribution is -2.42. The maximum atomic E-state index is 15.0. The van der Waals surface area contributed by atoms with E-state index in [4.69, 9.17) is 11.6 Å². The van der Waals surface area contributed by atoms with Crippen molar-refractivity contribution in [3.8, 4) is 0 Å². The lowest BCUT2D eigenvalue weighted by atomic mass is 9.98. The van der Waals surface area contributed by atoms with Crippen molar-refractivity contribution in [1.29, 1.82) is 0 Å². The van der Waals surface area contributed by atoms with Crippen LogP contribution in [0.1, 0.15) is 35.7 Å². The number of fused-ring (bicyclic) bond motifs is 1. The Morgan fingerprint density at radius 1 is 1.17 bits per heavy atom. The summed E-state index contributed by atoms with van der Waals surface area (Å²) in [7, 11) is 0. The molecule has 0 bridgehead atoms. The number of aliphatic hydroxyl groups is 1. The number of alkyl halides is 1. The van der Waals surface area contributed by atoms with E-state index in [-0.39, 0.29) is 54.3 Å². The molecule has 1 aromatic heterocycles. The molecule has 0 radical (unpaired) electrons. The van der Waals surface area contributed by atoms with E-state index in [1.165, 1.54) is 30.2 Å². The van der Waals surface area contributed by atoms with Crippen LogP contribution >= 0.6 is 11.6 Å². The number of rotatable bonds is 8. The van der Waals surface area contributed by atoms with Crippen LogP contribution in [0.2, 0.25) is 5.02 Å². The van der Waals surface area contributed by atoms with E-state index in [0.29, 0.717) is 10.9 Å². The number of carbonyl (C=O) groups excluding carboxylic acids is 3. The summed E-state index contributed by atoms with van der Waals surface area (Å²) in [5.41, 5.74) is -0.568. The number of carbonyl (C=O) groups is 3. The number of benzene rings is 2. The van der Waals surface area contributed by atoms with Gasteiger partial charge in [-0.1, -0.05) is 41.9 Å². The van der Waals surface area contributed by atoms with E-state index in [2.05, 4.69) is 0 Å². The molecule has 4 rings (SSSR count). The molecule has 1 aliphatic rings. The Labute approximate surface area is 206 Å². The van der Waals surface area contributed by atoms with Crippen molar-refractivity contribution in [2.75, 3.05) is 13.2 Å². The third-order valence-corrected chi connectivity index (χ3v) is 6.69. The molecule has 184 valence electrons. The highest BCUT2D eigenvalue weighted by atomic mass is 35.5. The van der Waals surface area contributed by atoms with Crippen LogP contribution in [0.25, 0.3) is 10.9 Å². The van der Waals surface area contributed by atoms with E-state index in [1.807, 2.05) is 0 Å². The number of aromatic nitrogens is 1. The number of aryl methyl sites for hydroxylation is 1. The molecule has 2 atom stereocenters. The topological polar surface area (TPSA) is 79.6 Å². The van der Waals surface area contributed by atoms with Gasteiger partial charge >= 0.3 is 0 Å². The van der Waals surface area contributed by atoms with Crippen LogP contribution in [-0.2, 0) is 22.6 Å². The Hall–Kier alpha value is -3.10. The van der Waals surface area contributed by atoms with E-state index in [9.17, 15) is 28.3 Å². The first-order valence-corrected chi connectivity index (χ1v) is 11.6. The standard InChI is InChI=1S/C26H25ClF2N2O4/c1-26(29)11-21(22(33)10-9-16-5-4-7-19(27)25(16)28)31(15-26)24(35)13-30-12-18(23(34)14-32)17-6-2-3-8-20(17)30/h2-8,12,21,32H,9-11,13-15H2,1H3/t21-,26+/m0/s1. The maximum Gasteiger partial charge on any atom is 0.243 e. The van der Waals surface area contributed by atoms with Crippen molar-refractivity contribution in [1.82, 2.24) is 9.47 Å².